The number of halogens is 4. The van der Waals surface area contributed by atoms with Gasteiger partial charge in [-0.15, -0.1) is 24.0 Å². The Morgan fingerprint density at radius 3 is 2.48 bits per heavy atom. The van der Waals surface area contributed by atoms with Crippen LogP contribution in [-0.4, -0.2) is 46.3 Å². The van der Waals surface area contributed by atoms with Crippen molar-refractivity contribution in [3.63, 3.8) is 0 Å². The van der Waals surface area contributed by atoms with E-state index < -0.39 is 11.9 Å². The van der Waals surface area contributed by atoms with Crippen LogP contribution >= 0.6 is 24.0 Å². The Morgan fingerprint density at radius 1 is 1.19 bits per heavy atom. The SMILES string of the molecule is CCNC(=NCc1cn(C)nc1C(F)(F)F)NC1CCN(Cc2ccccc2)CC1.I. The van der Waals surface area contributed by atoms with Gasteiger partial charge < -0.3 is 10.6 Å². The molecule has 0 saturated carbocycles. The fraction of sp³-hybridized carbons (Fsp3) is 0.524. The largest absolute Gasteiger partial charge is 0.435 e. The minimum absolute atomic E-state index is 0. The van der Waals surface area contributed by atoms with Crippen LogP contribution < -0.4 is 10.6 Å². The molecule has 2 heterocycles. The van der Waals surface area contributed by atoms with E-state index >= 15 is 0 Å². The lowest BCUT2D eigenvalue weighted by atomic mass is 10.0. The van der Waals surface area contributed by atoms with E-state index in [9.17, 15) is 13.2 Å². The summed E-state index contributed by atoms with van der Waals surface area (Å²) in [5.74, 6) is 0.538. The number of hydrogen-bond donors (Lipinski definition) is 2. The summed E-state index contributed by atoms with van der Waals surface area (Å²) in [5, 5.41) is 10.1. The molecule has 1 aromatic carbocycles. The zero-order valence-electron chi connectivity index (χ0n) is 17.8. The summed E-state index contributed by atoms with van der Waals surface area (Å²) in [4.78, 5) is 6.80. The van der Waals surface area contributed by atoms with Gasteiger partial charge in [-0.1, -0.05) is 30.3 Å². The van der Waals surface area contributed by atoms with Gasteiger partial charge in [0.1, 0.15) is 0 Å². The average molecular weight is 550 g/mol. The van der Waals surface area contributed by atoms with Crippen LogP contribution in [0.2, 0.25) is 0 Å². The molecule has 0 amide bonds. The highest BCUT2D eigenvalue weighted by atomic mass is 127. The van der Waals surface area contributed by atoms with E-state index in [0.717, 1.165) is 32.5 Å². The molecule has 0 bridgehead atoms. The van der Waals surface area contributed by atoms with Crippen LogP contribution in [0.3, 0.4) is 0 Å². The van der Waals surface area contributed by atoms with Crippen LogP contribution in [0.25, 0.3) is 0 Å². The first-order chi connectivity index (χ1) is 14.3. The van der Waals surface area contributed by atoms with E-state index in [1.807, 2.05) is 13.0 Å². The maximum Gasteiger partial charge on any atom is 0.435 e. The molecular formula is C21H30F3IN6. The lowest BCUT2D eigenvalue weighted by Crippen LogP contribution is -2.48. The third-order valence-electron chi connectivity index (χ3n) is 5.10. The fourth-order valence-corrected chi connectivity index (χ4v) is 3.65. The highest BCUT2D eigenvalue weighted by Gasteiger charge is 2.36. The Balaban J connectivity index is 0.00000341. The zero-order chi connectivity index (χ0) is 21.6. The monoisotopic (exact) mass is 550 g/mol. The minimum atomic E-state index is -4.48. The Labute approximate surface area is 198 Å². The molecule has 0 aliphatic carbocycles. The first kappa shape index (κ1) is 25.4. The Kier molecular flexibility index (Phi) is 9.60. The van der Waals surface area contributed by atoms with Gasteiger partial charge in [-0.3, -0.25) is 9.58 Å². The van der Waals surface area contributed by atoms with Gasteiger partial charge in [0.2, 0.25) is 0 Å². The molecule has 0 atom stereocenters. The first-order valence-electron chi connectivity index (χ1n) is 10.3. The molecule has 1 aliphatic rings. The van der Waals surface area contributed by atoms with Crippen LogP contribution in [0.15, 0.2) is 41.5 Å². The summed E-state index contributed by atoms with van der Waals surface area (Å²) in [7, 11) is 1.48. The van der Waals surface area contributed by atoms with Crippen LogP contribution in [0.5, 0.6) is 0 Å². The molecule has 2 aromatic rings. The van der Waals surface area contributed by atoms with Gasteiger partial charge in [0.05, 0.1) is 6.54 Å². The van der Waals surface area contributed by atoms with Crippen molar-refractivity contribution in [3.05, 3.63) is 53.3 Å². The van der Waals surface area contributed by atoms with Crippen LogP contribution in [0.1, 0.15) is 36.6 Å². The number of nitrogens with one attached hydrogen (secondary N) is 2. The Bertz CT molecular complexity index is 829. The summed E-state index contributed by atoms with van der Waals surface area (Å²) < 4.78 is 40.6. The van der Waals surface area contributed by atoms with Crippen molar-refractivity contribution in [2.24, 2.45) is 12.0 Å². The van der Waals surface area contributed by atoms with Crippen molar-refractivity contribution >= 4 is 29.9 Å². The average Bonchev–Trinajstić information content (AvgIpc) is 3.10. The molecule has 172 valence electrons. The molecule has 0 spiro atoms. The highest BCUT2D eigenvalue weighted by molar-refractivity contribution is 14.0. The first-order valence-corrected chi connectivity index (χ1v) is 10.3. The lowest BCUT2D eigenvalue weighted by molar-refractivity contribution is -0.142. The summed E-state index contributed by atoms with van der Waals surface area (Å²) in [6.07, 6.45) is -1.20. The molecular weight excluding hydrogens is 520 g/mol. The number of hydrogen-bond acceptors (Lipinski definition) is 3. The van der Waals surface area contributed by atoms with Gasteiger partial charge in [0, 0.05) is 51.0 Å². The van der Waals surface area contributed by atoms with Gasteiger partial charge in [-0.05, 0) is 25.3 Å². The number of aromatic nitrogens is 2. The van der Waals surface area contributed by atoms with Crippen LogP contribution in [0, 0.1) is 0 Å². The van der Waals surface area contributed by atoms with Gasteiger partial charge >= 0.3 is 6.18 Å². The number of nitrogens with zero attached hydrogens (tertiary/aromatic N) is 4. The maximum absolute atomic E-state index is 13.1. The van der Waals surface area contributed by atoms with Crippen molar-refractivity contribution in [1.29, 1.82) is 0 Å². The zero-order valence-corrected chi connectivity index (χ0v) is 20.2. The van der Waals surface area contributed by atoms with E-state index in [4.69, 9.17) is 0 Å². The molecule has 2 N–H and O–H groups in total. The number of alkyl halides is 3. The van der Waals surface area contributed by atoms with Crippen molar-refractivity contribution in [1.82, 2.24) is 25.3 Å². The van der Waals surface area contributed by atoms with Gasteiger partial charge in [-0.2, -0.15) is 18.3 Å². The standard InChI is InChI=1S/C21H29F3N6.HI/c1-3-25-20(26-13-17-15-29(2)28-19(17)21(22,23)24)27-18-9-11-30(12-10-18)14-16-7-5-4-6-8-16;/h4-8,15,18H,3,9-14H2,1-2H3,(H2,25,26,27);1H. The molecule has 0 unspecified atom stereocenters. The molecule has 1 fully saturated rings. The van der Waals surface area contributed by atoms with Gasteiger partial charge in [0.15, 0.2) is 11.7 Å². The number of guanidine groups is 1. The maximum atomic E-state index is 13.1. The predicted octanol–water partition coefficient (Wildman–Crippen LogP) is 3.78. The van der Waals surface area contributed by atoms with Crippen molar-refractivity contribution < 1.29 is 13.2 Å². The molecule has 31 heavy (non-hydrogen) atoms. The quantitative estimate of drug-likeness (QED) is 0.327. The summed E-state index contributed by atoms with van der Waals surface area (Å²) in [6, 6.07) is 10.6. The third-order valence-corrected chi connectivity index (χ3v) is 5.10. The lowest BCUT2D eigenvalue weighted by Gasteiger charge is -2.33. The second-order valence-electron chi connectivity index (χ2n) is 7.55. The molecule has 1 saturated heterocycles. The van der Waals surface area contributed by atoms with Crippen molar-refractivity contribution in [2.45, 2.75) is 45.1 Å². The van der Waals surface area contributed by atoms with Gasteiger partial charge in [-0.25, -0.2) is 4.99 Å². The number of rotatable bonds is 6. The van der Waals surface area contributed by atoms with E-state index in [1.54, 1.807) is 0 Å². The fourth-order valence-electron chi connectivity index (χ4n) is 3.65. The molecule has 1 aliphatic heterocycles. The van der Waals surface area contributed by atoms with E-state index in [0.29, 0.717) is 12.5 Å². The predicted molar refractivity (Wildman–Crippen MR) is 126 cm³/mol. The van der Waals surface area contributed by atoms with Crippen LogP contribution in [-0.2, 0) is 26.3 Å². The molecule has 10 heteroatoms. The van der Waals surface area contributed by atoms with Crippen molar-refractivity contribution in [3.8, 4) is 0 Å². The topological polar surface area (TPSA) is 57.5 Å². The van der Waals surface area contributed by atoms with Crippen molar-refractivity contribution in [2.75, 3.05) is 19.6 Å². The summed E-state index contributed by atoms with van der Waals surface area (Å²) in [6.45, 7) is 5.36. The van der Waals surface area contributed by atoms with E-state index in [2.05, 4.69) is 49.9 Å². The minimum Gasteiger partial charge on any atom is -0.357 e. The Hall–Kier alpha value is -1.82. The molecule has 3 rings (SSSR count). The highest BCUT2D eigenvalue weighted by Crippen LogP contribution is 2.30. The Morgan fingerprint density at radius 2 is 1.87 bits per heavy atom. The van der Waals surface area contributed by atoms with Gasteiger partial charge in [0.25, 0.3) is 0 Å². The number of aryl methyl sites for hydroxylation is 1. The van der Waals surface area contributed by atoms with E-state index in [1.165, 1.54) is 23.5 Å². The second kappa shape index (κ2) is 11.7. The number of benzene rings is 1. The van der Waals surface area contributed by atoms with Crippen LogP contribution in [0.4, 0.5) is 13.2 Å². The summed E-state index contributed by atoms with van der Waals surface area (Å²) >= 11 is 0. The number of aliphatic imine (C=N–C) groups is 1. The third kappa shape index (κ3) is 7.67. The second-order valence-corrected chi connectivity index (χ2v) is 7.55. The smallest absolute Gasteiger partial charge is 0.357 e. The molecule has 0 radical (unpaired) electrons. The molecule has 6 nitrogen and oxygen atoms in total. The number of piperidine rings is 1. The normalized spacial score (nSPS) is 16.1. The summed E-state index contributed by atoms with van der Waals surface area (Å²) in [5.41, 5.74) is 0.495. The van der Waals surface area contributed by atoms with E-state index in [-0.39, 0.29) is 42.1 Å². The molecule has 1 aromatic heterocycles. The number of likely N-dealkylation sites (tertiary alicyclic amines) is 1.